The number of esters is 1. The molecule has 1 aromatic heterocycles. The molecule has 1 aromatic carbocycles. The molecule has 0 aliphatic carbocycles. The number of rotatable bonds is 12. The van der Waals surface area contributed by atoms with Crippen LogP contribution in [-0.2, 0) is 23.4 Å². The monoisotopic (exact) mass is 577 g/mol. The van der Waals surface area contributed by atoms with Gasteiger partial charge in [0.1, 0.15) is 30.1 Å². The lowest BCUT2D eigenvalue weighted by Gasteiger charge is -2.25. The normalized spacial score (nSPS) is 25.6. The van der Waals surface area contributed by atoms with Crippen molar-refractivity contribution in [1.82, 2.24) is 14.6 Å². The molecule has 2 heterocycles. The molecule has 6 atom stereocenters. The maximum absolute atomic E-state index is 15.3. The van der Waals surface area contributed by atoms with Crippen LogP contribution in [0.15, 0.2) is 52.2 Å². The number of aliphatic hydroxyl groups excluding tert-OH is 1. The summed E-state index contributed by atoms with van der Waals surface area (Å²) >= 11 is 5.88. The summed E-state index contributed by atoms with van der Waals surface area (Å²) in [6.45, 7) is 4.39. The SMILES string of the molecule is CCC(CC)OC(=O)[C@H](C)NP(=O)(OC[C@H]1O[C@@H](n2ccc(=O)[nH]c2=O)[C@@](F)(Cl)[C@@H]1O)Oc1ccccc1. The number of alkyl halides is 2. The minimum Gasteiger partial charge on any atom is -0.461 e. The smallest absolute Gasteiger partial charge is 0.459 e. The average molecular weight is 578 g/mol. The van der Waals surface area contributed by atoms with Gasteiger partial charge >= 0.3 is 19.4 Å². The fraction of sp³-hybridized carbons (Fsp3) is 0.522. The molecule has 210 valence electrons. The summed E-state index contributed by atoms with van der Waals surface area (Å²) in [5, 5.41) is 9.96. The molecule has 0 spiro atoms. The van der Waals surface area contributed by atoms with Crippen LogP contribution in [0.3, 0.4) is 0 Å². The number of halogens is 2. The lowest BCUT2D eigenvalue weighted by molar-refractivity contribution is -0.151. The predicted octanol–water partition coefficient (Wildman–Crippen LogP) is 2.61. The minimum atomic E-state index is -4.36. The molecule has 0 radical (unpaired) electrons. The molecule has 1 saturated heterocycles. The largest absolute Gasteiger partial charge is 0.461 e. The number of ether oxygens (including phenoxy) is 2. The Kier molecular flexibility index (Phi) is 9.91. The van der Waals surface area contributed by atoms with E-state index < -0.39 is 61.2 Å². The number of nitrogens with zero attached hydrogens (tertiary/aromatic N) is 1. The van der Waals surface area contributed by atoms with Crippen molar-refractivity contribution in [2.45, 2.75) is 69.3 Å². The van der Waals surface area contributed by atoms with Gasteiger partial charge in [-0.25, -0.2) is 13.8 Å². The third-order valence-corrected chi connectivity index (χ3v) is 7.81. The van der Waals surface area contributed by atoms with Gasteiger partial charge in [-0.1, -0.05) is 43.6 Å². The van der Waals surface area contributed by atoms with Crippen molar-refractivity contribution >= 4 is 25.3 Å². The van der Waals surface area contributed by atoms with E-state index in [-0.39, 0.29) is 11.9 Å². The highest BCUT2D eigenvalue weighted by Gasteiger charge is 2.58. The lowest BCUT2D eigenvalue weighted by Crippen LogP contribution is -2.42. The number of aliphatic hydroxyl groups is 1. The molecule has 3 rings (SSSR count). The van der Waals surface area contributed by atoms with Crippen LogP contribution in [0.1, 0.15) is 39.8 Å². The molecule has 38 heavy (non-hydrogen) atoms. The number of H-pyrrole nitrogens is 1. The van der Waals surface area contributed by atoms with Crippen LogP contribution in [-0.4, -0.2) is 56.7 Å². The fourth-order valence-corrected chi connectivity index (χ4v) is 5.41. The zero-order valence-corrected chi connectivity index (χ0v) is 22.6. The van der Waals surface area contributed by atoms with Crippen LogP contribution in [0.5, 0.6) is 5.75 Å². The van der Waals surface area contributed by atoms with Crippen molar-refractivity contribution in [2.75, 3.05) is 6.61 Å². The Morgan fingerprint density at radius 2 is 1.95 bits per heavy atom. The van der Waals surface area contributed by atoms with Gasteiger partial charge in [-0.2, -0.15) is 5.09 Å². The highest BCUT2D eigenvalue weighted by Crippen LogP contribution is 2.48. The van der Waals surface area contributed by atoms with Gasteiger partial charge in [0.05, 0.1) is 6.61 Å². The first-order chi connectivity index (χ1) is 17.9. The van der Waals surface area contributed by atoms with E-state index in [0.29, 0.717) is 17.4 Å². The molecule has 0 saturated carbocycles. The van der Waals surface area contributed by atoms with E-state index >= 15 is 4.39 Å². The van der Waals surface area contributed by atoms with E-state index in [0.717, 1.165) is 12.3 Å². The molecular weight excluding hydrogens is 548 g/mol. The van der Waals surface area contributed by atoms with Crippen LogP contribution in [0.4, 0.5) is 4.39 Å². The predicted molar refractivity (Wildman–Crippen MR) is 135 cm³/mol. The Hall–Kier alpha value is -2.54. The molecule has 1 fully saturated rings. The summed E-state index contributed by atoms with van der Waals surface area (Å²) in [4.78, 5) is 38.0. The summed E-state index contributed by atoms with van der Waals surface area (Å²) in [5.41, 5.74) is -1.76. The summed E-state index contributed by atoms with van der Waals surface area (Å²) < 4.78 is 51.4. The van der Waals surface area contributed by atoms with Crippen LogP contribution in [0, 0.1) is 0 Å². The second-order valence-corrected chi connectivity index (χ2v) is 10.9. The van der Waals surface area contributed by atoms with Gasteiger partial charge in [-0.15, -0.1) is 0 Å². The third-order valence-electron chi connectivity index (χ3n) is 5.76. The van der Waals surface area contributed by atoms with Gasteiger partial charge in [-0.05, 0) is 31.9 Å². The standard InChI is InChI=1S/C23H30ClFN3O9P/c1-4-15(5-2)35-20(31)14(3)27-38(33,37-16-9-7-6-8-10-16)34-13-17-19(30)23(24,25)21(36-17)28-12-11-18(29)26-22(28)32/h6-12,14-15,17,19,21,30H,4-5,13H2,1-3H3,(H,27,33)(H,26,29,32)/t14-,17+,19+,21+,23+,38?/m0/s1. The van der Waals surface area contributed by atoms with Gasteiger partial charge in [0, 0.05) is 12.3 Å². The highest BCUT2D eigenvalue weighted by molar-refractivity contribution is 7.52. The van der Waals surface area contributed by atoms with E-state index in [1.165, 1.54) is 19.1 Å². The van der Waals surface area contributed by atoms with Gasteiger partial charge < -0.3 is 19.1 Å². The molecule has 15 heteroatoms. The van der Waals surface area contributed by atoms with Gasteiger partial charge in [-0.3, -0.25) is 23.7 Å². The van der Waals surface area contributed by atoms with Crippen molar-refractivity contribution in [2.24, 2.45) is 0 Å². The first-order valence-corrected chi connectivity index (χ1v) is 13.8. The van der Waals surface area contributed by atoms with E-state index in [4.69, 9.17) is 30.1 Å². The molecule has 1 aliphatic heterocycles. The molecule has 0 bridgehead atoms. The maximum atomic E-state index is 15.3. The molecular formula is C23H30ClFN3O9P. The van der Waals surface area contributed by atoms with Crippen molar-refractivity contribution in [1.29, 1.82) is 0 Å². The molecule has 12 nitrogen and oxygen atoms in total. The number of hydrogen-bond donors (Lipinski definition) is 3. The second kappa shape index (κ2) is 12.5. The first-order valence-electron chi connectivity index (χ1n) is 11.9. The number of nitrogens with one attached hydrogen (secondary N) is 2. The summed E-state index contributed by atoms with van der Waals surface area (Å²) in [7, 11) is -4.36. The number of aromatic amines is 1. The zero-order valence-electron chi connectivity index (χ0n) is 20.9. The highest BCUT2D eigenvalue weighted by atomic mass is 35.5. The second-order valence-electron chi connectivity index (χ2n) is 8.59. The molecule has 0 amide bonds. The Morgan fingerprint density at radius 1 is 1.29 bits per heavy atom. The van der Waals surface area contributed by atoms with Crippen LogP contribution in [0.25, 0.3) is 0 Å². The van der Waals surface area contributed by atoms with Crippen molar-refractivity contribution in [3.8, 4) is 5.75 Å². The Labute approximate surface area is 222 Å². The Bertz CT molecular complexity index is 1250. The van der Waals surface area contributed by atoms with Crippen molar-refractivity contribution in [3.63, 3.8) is 0 Å². The Morgan fingerprint density at radius 3 is 2.55 bits per heavy atom. The fourth-order valence-electron chi connectivity index (χ4n) is 3.61. The van der Waals surface area contributed by atoms with Crippen molar-refractivity contribution in [3.05, 3.63) is 63.4 Å². The van der Waals surface area contributed by atoms with Gasteiger partial charge in [0.25, 0.3) is 10.7 Å². The quantitative estimate of drug-likeness (QED) is 0.194. The number of hydrogen-bond acceptors (Lipinski definition) is 9. The number of carbonyl (C=O) groups excluding carboxylic acids is 1. The van der Waals surface area contributed by atoms with E-state index in [1.807, 2.05) is 18.8 Å². The van der Waals surface area contributed by atoms with Crippen LogP contribution >= 0.6 is 19.3 Å². The van der Waals surface area contributed by atoms with Gasteiger partial charge in [0.2, 0.25) is 0 Å². The summed E-state index contributed by atoms with van der Waals surface area (Å²) in [6.07, 6.45) is -3.63. The Balaban J connectivity index is 1.79. The summed E-state index contributed by atoms with van der Waals surface area (Å²) in [6, 6.07) is 7.73. The third kappa shape index (κ3) is 7.10. The number of para-hydroxylation sites is 1. The molecule has 1 unspecified atom stereocenters. The van der Waals surface area contributed by atoms with E-state index in [9.17, 15) is 24.1 Å². The number of carbonyl (C=O) groups is 1. The van der Waals surface area contributed by atoms with Crippen molar-refractivity contribution < 1.29 is 37.4 Å². The maximum Gasteiger partial charge on any atom is 0.459 e. The topological polar surface area (TPSA) is 158 Å². The molecule has 2 aromatic rings. The zero-order chi connectivity index (χ0) is 28.1. The molecule has 1 aliphatic rings. The first kappa shape index (κ1) is 30.0. The minimum absolute atomic E-state index is 0.131. The van der Waals surface area contributed by atoms with Crippen LogP contribution in [0.2, 0.25) is 0 Å². The molecule has 3 N–H and O–H groups in total. The van der Waals surface area contributed by atoms with Gasteiger partial charge in [0.15, 0.2) is 6.23 Å². The van der Waals surface area contributed by atoms with E-state index in [1.54, 1.807) is 18.2 Å². The average Bonchev–Trinajstić information content (AvgIpc) is 3.09. The number of benzene rings is 1. The van der Waals surface area contributed by atoms with Crippen LogP contribution < -0.4 is 20.9 Å². The number of aromatic nitrogens is 2. The lowest BCUT2D eigenvalue weighted by atomic mass is 10.1. The summed E-state index contributed by atoms with van der Waals surface area (Å²) in [5.74, 6) is -0.566. The van der Waals surface area contributed by atoms with E-state index in [2.05, 4.69) is 5.09 Å².